The highest BCUT2D eigenvalue weighted by Crippen LogP contribution is 2.31. The van der Waals surface area contributed by atoms with Crippen molar-refractivity contribution < 1.29 is 4.74 Å². The third kappa shape index (κ3) is 2.18. The van der Waals surface area contributed by atoms with Crippen LogP contribution in [0, 0.1) is 13.8 Å². The van der Waals surface area contributed by atoms with Gasteiger partial charge >= 0.3 is 0 Å². The van der Waals surface area contributed by atoms with Crippen molar-refractivity contribution in [3.05, 3.63) is 57.9 Å². The van der Waals surface area contributed by atoms with Gasteiger partial charge in [-0.25, -0.2) is 5.10 Å². The molecule has 0 amide bonds. The number of nitrogens with zero attached hydrogens (tertiary/aromatic N) is 1. The molecule has 0 aliphatic carbocycles. The van der Waals surface area contributed by atoms with Crippen molar-refractivity contribution in [2.45, 2.75) is 13.8 Å². The van der Waals surface area contributed by atoms with Crippen LogP contribution < -0.4 is 10.3 Å². The third-order valence-corrected chi connectivity index (χ3v) is 3.69. The van der Waals surface area contributed by atoms with Crippen LogP contribution in [0.5, 0.6) is 5.75 Å². The number of fused-ring (bicyclic) bond motifs is 1. The van der Waals surface area contributed by atoms with Gasteiger partial charge in [-0.15, -0.1) is 0 Å². The molecule has 106 valence electrons. The van der Waals surface area contributed by atoms with Crippen molar-refractivity contribution in [3.63, 3.8) is 0 Å². The molecule has 1 aromatic heterocycles. The SMILES string of the molecule is COc1cc(C)c(-c2n[nH]c(=O)c3ccccc23)cc1C. The highest BCUT2D eigenvalue weighted by Gasteiger charge is 2.12. The van der Waals surface area contributed by atoms with Gasteiger partial charge in [-0.1, -0.05) is 18.2 Å². The van der Waals surface area contributed by atoms with E-state index in [1.807, 2.05) is 50.2 Å². The average molecular weight is 280 g/mol. The molecular formula is C17H16N2O2. The fraction of sp³-hybridized carbons (Fsp3) is 0.176. The summed E-state index contributed by atoms with van der Waals surface area (Å²) in [6, 6.07) is 11.5. The molecule has 2 aromatic carbocycles. The summed E-state index contributed by atoms with van der Waals surface area (Å²) < 4.78 is 5.35. The number of aryl methyl sites for hydroxylation is 2. The van der Waals surface area contributed by atoms with E-state index in [2.05, 4.69) is 10.2 Å². The molecule has 0 atom stereocenters. The predicted molar refractivity (Wildman–Crippen MR) is 83.8 cm³/mol. The number of methoxy groups -OCH3 is 1. The maximum Gasteiger partial charge on any atom is 0.272 e. The fourth-order valence-electron chi connectivity index (χ4n) is 2.58. The van der Waals surface area contributed by atoms with E-state index in [4.69, 9.17) is 4.74 Å². The number of hydrogen-bond donors (Lipinski definition) is 1. The molecule has 0 aliphatic rings. The quantitative estimate of drug-likeness (QED) is 0.784. The van der Waals surface area contributed by atoms with Gasteiger partial charge in [0.1, 0.15) is 5.75 Å². The molecule has 0 fully saturated rings. The molecule has 0 aliphatic heterocycles. The van der Waals surface area contributed by atoms with E-state index >= 15 is 0 Å². The second-order valence-electron chi connectivity index (χ2n) is 5.08. The Balaban J connectivity index is 2.34. The van der Waals surface area contributed by atoms with Crippen molar-refractivity contribution in [2.24, 2.45) is 0 Å². The van der Waals surface area contributed by atoms with E-state index in [1.54, 1.807) is 7.11 Å². The number of aromatic amines is 1. The number of aromatic nitrogens is 2. The van der Waals surface area contributed by atoms with Gasteiger partial charge in [0.25, 0.3) is 5.56 Å². The summed E-state index contributed by atoms with van der Waals surface area (Å²) >= 11 is 0. The Morgan fingerprint density at radius 2 is 1.76 bits per heavy atom. The molecule has 0 saturated heterocycles. The summed E-state index contributed by atoms with van der Waals surface area (Å²) in [4.78, 5) is 11.9. The van der Waals surface area contributed by atoms with Crippen LogP contribution in [-0.4, -0.2) is 17.3 Å². The summed E-state index contributed by atoms with van der Waals surface area (Å²) in [6.45, 7) is 4.01. The predicted octanol–water partition coefficient (Wildman–Crippen LogP) is 3.22. The lowest BCUT2D eigenvalue weighted by Crippen LogP contribution is -2.09. The van der Waals surface area contributed by atoms with Crippen LogP contribution in [-0.2, 0) is 0 Å². The topological polar surface area (TPSA) is 55.0 Å². The van der Waals surface area contributed by atoms with Crippen LogP contribution in [0.4, 0.5) is 0 Å². The highest BCUT2D eigenvalue weighted by molar-refractivity contribution is 5.94. The molecule has 1 N–H and O–H groups in total. The molecule has 0 radical (unpaired) electrons. The van der Waals surface area contributed by atoms with Crippen molar-refractivity contribution in [1.82, 2.24) is 10.2 Å². The van der Waals surface area contributed by atoms with E-state index in [0.717, 1.165) is 33.5 Å². The molecule has 4 heteroatoms. The van der Waals surface area contributed by atoms with Gasteiger partial charge in [0.2, 0.25) is 0 Å². The number of benzene rings is 2. The van der Waals surface area contributed by atoms with E-state index in [-0.39, 0.29) is 5.56 Å². The van der Waals surface area contributed by atoms with E-state index in [9.17, 15) is 4.79 Å². The summed E-state index contributed by atoms with van der Waals surface area (Å²) in [5.74, 6) is 0.852. The molecule has 0 saturated carbocycles. The van der Waals surface area contributed by atoms with E-state index in [1.165, 1.54) is 0 Å². The number of ether oxygens (including phenoxy) is 1. The first-order valence-electron chi connectivity index (χ1n) is 6.75. The number of hydrogen-bond acceptors (Lipinski definition) is 3. The molecule has 0 bridgehead atoms. The van der Waals surface area contributed by atoms with Crippen molar-refractivity contribution in [2.75, 3.05) is 7.11 Å². The number of nitrogens with one attached hydrogen (secondary N) is 1. The molecule has 3 rings (SSSR count). The molecule has 0 spiro atoms. The van der Waals surface area contributed by atoms with E-state index in [0.29, 0.717) is 5.39 Å². The van der Waals surface area contributed by atoms with Gasteiger partial charge in [-0.2, -0.15) is 5.10 Å². The standard InChI is InChI=1S/C17H16N2O2/c1-10-9-15(21-3)11(2)8-14(10)16-12-6-4-5-7-13(12)17(20)19-18-16/h4-9H,1-3H3,(H,19,20). The second-order valence-corrected chi connectivity index (χ2v) is 5.08. The molecule has 1 heterocycles. The van der Waals surface area contributed by atoms with Crippen LogP contribution in [0.2, 0.25) is 0 Å². The third-order valence-electron chi connectivity index (χ3n) is 3.69. The zero-order chi connectivity index (χ0) is 15.0. The minimum atomic E-state index is -0.169. The Hall–Kier alpha value is -2.62. The summed E-state index contributed by atoms with van der Waals surface area (Å²) in [5.41, 5.74) is 3.71. The van der Waals surface area contributed by atoms with Gasteiger partial charge < -0.3 is 4.74 Å². The lowest BCUT2D eigenvalue weighted by molar-refractivity contribution is 0.411. The monoisotopic (exact) mass is 280 g/mol. The smallest absolute Gasteiger partial charge is 0.272 e. The van der Waals surface area contributed by atoms with Crippen LogP contribution in [0.15, 0.2) is 41.2 Å². The maximum absolute atomic E-state index is 11.9. The van der Waals surface area contributed by atoms with Gasteiger partial charge in [-0.3, -0.25) is 4.79 Å². The van der Waals surface area contributed by atoms with E-state index < -0.39 is 0 Å². The van der Waals surface area contributed by atoms with Crippen LogP contribution >= 0.6 is 0 Å². The zero-order valence-corrected chi connectivity index (χ0v) is 12.2. The first-order valence-corrected chi connectivity index (χ1v) is 6.75. The normalized spacial score (nSPS) is 10.8. The lowest BCUT2D eigenvalue weighted by atomic mass is 9.98. The van der Waals surface area contributed by atoms with Crippen molar-refractivity contribution >= 4 is 10.8 Å². The van der Waals surface area contributed by atoms with Crippen LogP contribution in [0.1, 0.15) is 11.1 Å². The minimum absolute atomic E-state index is 0.169. The summed E-state index contributed by atoms with van der Waals surface area (Å²) in [6.07, 6.45) is 0. The number of H-pyrrole nitrogens is 1. The molecule has 4 nitrogen and oxygen atoms in total. The molecule has 3 aromatic rings. The largest absolute Gasteiger partial charge is 0.496 e. The molecule has 21 heavy (non-hydrogen) atoms. The van der Waals surface area contributed by atoms with Gasteiger partial charge in [0.15, 0.2) is 0 Å². The van der Waals surface area contributed by atoms with Crippen molar-refractivity contribution in [3.8, 4) is 17.0 Å². The first-order chi connectivity index (χ1) is 10.1. The lowest BCUT2D eigenvalue weighted by Gasteiger charge is -2.12. The molecular weight excluding hydrogens is 264 g/mol. The highest BCUT2D eigenvalue weighted by atomic mass is 16.5. The van der Waals surface area contributed by atoms with Crippen LogP contribution in [0.3, 0.4) is 0 Å². The first kappa shape index (κ1) is 13.4. The Kier molecular flexibility index (Phi) is 3.22. The zero-order valence-electron chi connectivity index (χ0n) is 12.2. The second kappa shape index (κ2) is 5.05. The minimum Gasteiger partial charge on any atom is -0.496 e. The summed E-state index contributed by atoms with van der Waals surface area (Å²) in [5, 5.41) is 8.34. The Bertz CT molecular complexity index is 882. The Morgan fingerprint density at radius 1 is 1.05 bits per heavy atom. The molecule has 0 unspecified atom stereocenters. The van der Waals surface area contributed by atoms with Gasteiger partial charge in [-0.05, 0) is 43.2 Å². The fourth-order valence-corrected chi connectivity index (χ4v) is 2.58. The van der Waals surface area contributed by atoms with Gasteiger partial charge in [0, 0.05) is 10.9 Å². The summed E-state index contributed by atoms with van der Waals surface area (Å²) in [7, 11) is 1.66. The Morgan fingerprint density at radius 3 is 2.48 bits per heavy atom. The van der Waals surface area contributed by atoms with Gasteiger partial charge in [0.05, 0.1) is 18.2 Å². The Labute approximate surface area is 122 Å². The maximum atomic E-state index is 11.9. The van der Waals surface area contributed by atoms with Crippen molar-refractivity contribution in [1.29, 1.82) is 0 Å². The van der Waals surface area contributed by atoms with Crippen LogP contribution in [0.25, 0.3) is 22.0 Å². The number of rotatable bonds is 2. The average Bonchev–Trinajstić information content (AvgIpc) is 2.50.